The summed E-state index contributed by atoms with van der Waals surface area (Å²) in [6.45, 7) is 0.370. The van der Waals surface area contributed by atoms with Crippen molar-refractivity contribution in [3.8, 4) is 22.5 Å². The monoisotopic (exact) mass is 571 g/mol. The van der Waals surface area contributed by atoms with Gasteiger partial charge in [0, 0.05) is 11.3 Å². The minimum absolute atomic E-state index is 0.139. The van der Waals surface area contributed by atoms with E-state index in [2.05, 4.69) is 25.9 Å². The summed E-state index contributed by atoms with van der Waals surface area (Å²) in [6, 6.07) is 32.5. The van der Waals surface area contributed by atoms with E-state index in [4.69, 9.17) is 5.73 Å². The van der Waals surface area contributed by atoms with Crippen LogP contribution in [0.5, 0.6) is 0 Å². The molecule has 0 unspecified atom stereocenters. The number of aryl methyl sites for hydroxylation is 2. The van der Waals surface area contributed by atoms with Gasteiger partial charge in [0.2, 0.25) is 17.6 Å². The number of anilines is 1. The summed E-state index contributed by atoms with van der Waals surface area (Å²) in [4.78, 5) is 28.8. The van der Waals surface area contributed by atoms with E-state index in [1.807, 2.05) is 103 Å². The van der Waals surface area contributed by atoms with Gasteiger partial charge >= 0.3 is 0 Å². The fourth-order valence-electron chi connectivity index (χ4n) is 5.57. The van der Waals surface area contributed by atoms with E-state index in [9.17, 15) is 9.59 Å². The number of carbonyl (C=O) groups excluding carboxylic acids is 2. The standard InChI is InChI=1S/C34H33N7O2/c35-29(20-16-23-8-2-1-3-9-23)33(42)36-30-21-19-26-10-4-7-13-31(26)41(34(30)43)22-24-14-17-25(18-15-24)27-11-5-6-12-28(27)32-37-39-40-38-32/h1-15,17-18,29-30H,16,19-22,35H2,(H,36,42)(H,37,38,39,40)/t29-,30-/m1/s1. The highest BCUT2D eigenvalue weighted by atomic mass is 16.2. The lowest BCUT2D eigenvalue weighted by Gasteiger charge is -2.27. The zero-order chi connectivity index (χ0) is 29.6. The van der Waals surface area contributed by atoms with E-state index in [1.165, 1.54) is 0 Å². The molecule has 43 heavy (non-hydrogen) atoms. The number of para-hydroxylation sites is 1. The van der Waals surface area contributed by atoms with Crippen molar-refractivity contribution in [1.82, 2.24) is 25.9 Å². The highest BCUT2D eigenvalue weighted by molar-refractivity contribution is 6.01. The van der Waals surface area contributed by atoms with Crippen LogP contribution in [0.1, 0.15) is 29.5 Å². The Bertz CT molecular complexity index is 1690. The van der Waals surface area contributed by atoms with E-state index in [-0.39, 0.29) is 11.8 Å². The number of nitrogens with two attached hydrogens (primary N) is 1. The number of carbonyl (C=O) groups is 2. The van der Waals surface area contributed by atoms with Crippen LogP contribution in [0.4, 0.5) is 5.69 Å². The van der Waals surface area contributed by atoms with Crippen LogP contribution in [0.3, 0.4) is 0 Å². The molecular weight excluding hydrogens is 538 g/mol. The molecule has 0 saturated carbocycles. The molecule has 9 nitrogen and oxygen atoms in total. The van der Waals surface area contributed by atoms with Crippen LogP contribution in [0, 0.1) is 0 Å². The first kappa shape index (κ1) is 28.0. The van der Waals surface area contributed by atoms with E-state index in [0.717, 1.165) is 39.1 Å². The fourth-order valence-corrected chi connectivity index (χ4v) is 5.57. The van der Waals surface area contributed by atoms with Crippen LogP contribution in [0.2, 0.25) is 0 Å². The van der Waals surface area contributed by atoms with Gasteiger partial charge in [-0.3, -0.25) is 9.59 Å². The lowest BCUT2D eigenvalue weighted by Crippen LogP contribution is -2.52. The maximum atomic E-state index is 14.0. The highest BCUT2D eigenvalue weighted by Gasteiger charge is 2.32. The molecule has 1 aliphatic rings. The van der Waals surface area contributed by atoms with Crippen LogP contribution in [-0.4, -0.2) is 44.5 Å². The molecule has 0 saturated heterocycles. The average Bonchev–Trinajstić information content (AvgIpc) is 3.56. The molecule has 4 N–H and O–H groups in total. The first-order chi connectivity index (χ1) is 21.1. The Labute approximate surface area is 250 Å². The molecule has 2 atom stereocenters. The summed E-state index contributed by atoms with van der Waals surface area (Å²) in [7, 11) is 0. The lowest BCUT2D eigenvalue weighted by molar-refractivity contribution is -0.128. The second-order valence-electron chi connectivity index (χ2n) is 10.8. The van der Waals surface area contributed by atoms with E-state index in [1.54, 1.807) is 4.90 Å². The van der Waals surface area contributed by atoms with Gasteiger partial charge in [0.25, 0.3) is 0 Å². The third-order valence-corrected chi connectivity index (χ3v) is 7.91. The molecular formula is C34H33N7O2. The molecule has 0 spiro atoms. The number of tetrazole rings is 1. The lowest BCUT2D eigenvalue weighted by atomic mass is 9.98. The Hall–Kier alpha value is -5.15. The third kappa shape index (κ3) is 6.37. The average molecular weight is 572 g/mol. The molecule has 0 aliphatic carbocycles. The highest BCUT2D eigenvalue weighted by Crippen LogP contribution is 2.32. The van der Waals surface area contributed by atoms with Gasteiger partial charge in [-0.15, -0.1) is 10.2 Å². The van der Waals surface area contributed by atoms with Crippen molar-refractivity contribution in [2.45, 2.75) is 44.3 Å². The van der Waals surface area contributed by atoms with Gasteiger partial charge in [-0.1, -0.05) is 97.1 Å². The summed E-state index contributed by atoms with van der Waals surface area (Å²) in [5.41, 5.74) is 13.2. The Kier molecular flexibility index (Phi) is 8.33. The molecule has 0 fully saturated rings. The van der Waals surface area contributed by atoms with Gasteiger partial charge in [-0.05, 0) is 64.8 Å². The molecule has 0 radical (unpaired) electrons. The number of rotatable bonds is 9. The van der Waals surface area contributed by atoms with Gasteiger partial charge in [0.05, 0.1) is 12.6 Å². The zero-order valence-electron chi connectivity index (χ0n) is 23.7. The minimum Gasteiger partial charge on any atom is -0.343 e. The van der Waals surface area contributed by atoms with Crippen molar-refractivity contribution >= 4 is 17.5 Å². The number of aromatic nitrogens is 4. The number of fused-ring (bicyclic) bond motifs is 1. The zero-order valence-corrected chi connectivity index (χ0v) is 23.7. The smallest absolute Gasteiger partial charge is 0.249 e. The molecule has 216 valence electrons. The van der Waals surface area contributed by atoms with Crippen molar-refractivity contribution in [2.24, 2.45) is 5.73 Å². The fraction of sp³-hybridized carbons (Fsp3) is 0.206. The van der Waals surface area contributed by atoms with Crippen LogP contribution in [0.25, 0.3) is 22.5 Å². The molecule has 2 heterocycles. The number of aromatic amines is 1. The van der Waals surface area contributed by atoms with Gasteiger partial charge in [0.15, 0.2) is 0 Å². The summed E-state index contributed by atoms with van der Waals surface area (Å²) in [5, 5.41) is 17.5. The molecule has 5 aromatic rings. The SMILES string of the molecule is N[C@H](CCc1ccccc1)C(=O)N[C@@H]1CCc2ccccc2N(Cc2ccc(-c3ccccc3-c3nn[nH]n3)cc2)C1=O. The summed E-state index contributed by atoms with van der Waals surface area (Å²) in [5.74, 6) is 0.0872. The number of hydrogen-bond acceptors (Lipinski definition) is 6. The first-order valence-corrected chi connectivity index (χ1v) is 14.5. The second-order valence-corrected chi connectivity index (χ2v) is 10.8. The second kappa shape index (κ2) is 12.8. The van der Waals surface area contributed by atoms with Crippen LogP contribution < -0.4 is 16.0 Å². The largest absolute Gasteiger partial charge is 0.343 e. The number of nitrogens with one attached hydrogen (secondary N) is 2. The topological polar surface area (TPSA) is 130 Å². The van der Waals surface area contributed by atoms with Gasteiger partial charge in [-0.2, -0.15) is 5.21 Å². The third-order valence-electron chi connectivity index (χ3n) is 7.91. The summed E-state index contributed by atoms with van der Waals surface area (Å²) < 4.78 is 0. The number of hydrogen-bond donors (Lipinski definition) is 3. The first-order valence-electron chi connectivity index (χ1n) is 14.5. The Morgan fingerprint density at radius 3 is 2.40 bits per heavy atom. The van der Waals surface area contributed by atoms with E-state index in [0.29, 0.717) is 38.1 Å². The van der Waals surface area contributed by atoms with Crippen molar-refractivity contribution in [3.63, 3.8) is 0 Å². The van der Waals surface area contributed by atoms with Crippen molar-refractivity contribution < 1.29 is 9.59 Å². The van der Waals surface area contributed by atoms with Crippen molar-refractivity contribution in [2.75, 3.05) is 4.90 Å². The molecule has 4 aromatic carbocycles. The summed E-state index contributed by atoms with van der Waals surface area (Å²) >= 11 is 0. The van der Waals surface area contributed by atoms with Gasteiger partial charge in [-0.25, -0.2) is 0 Å². The predicted octanol–water partition coefficient (Wildman–Crippen LogP) is 4.46. The van der Waals surface area contributed by atoms with Gasteiger partial charge in [0.1, 0.15) is 6.04 Å². The molecule has 1 aromatic heterocycles. The molecule has 6 rings (SSSR count). The molecule has 0 bridgehead atoms. The maximum absolute atomic E-state index is 14.0. The van der Waals surface area contributed by atoms with Crippen molar-refractivity contribution in [3.05, 3.63) is 120 Å². The van der Waals surface area contributed by atoms with E-state index >= 15 is 0 Å². The molecule has 1 aliphatic heterocycles. The van der Waals surface area contributed by atoms with Crippen LogP contribution in [0.15, 0.2) is 103 Å². The van der Waals surface area contributed by atoms with Crippen LogP contribution >= 0.6 is 0 Å². The van der Waals surface area contributed by atoms with E-state index < -0.39 is 12.1 Å². The predicted molar refractivity (Wildman–Crippen MR) is 166 cm³/mol. The molecule has 9 heteroatoms. The maximum Gasteiger partial charge on any atom is 0.249 e. The van der Waals surface area contributed by atoms with Crippen molar-refractivity contribution in [1.29, 1.82) is 0 Å². The van der Waals surface area contributed by atoms with Gasteiger partial charge < -0.3 is 16.0 Å². The Balaban J connectivity index is 1.19. The Morgan fingerprint density at radius 2 is 1.63 bits per heavy atom. The number of benzene rings is 4. The quantitative estimate of drug-likeness (QED) is 0.240. The Morgan fingerprint density at radius 1 is 0.907 bits per heavy atom. The molecule has 2 amide bonds. The number of amides is 2. The normalized spacial score (nSPS) is 15.4. The number of nitrogens with zero attached hydrogens (tertiary/aromatic N) is 4. The minimum atomic E-state index is -0.699. The summed E-state index contributed by atoms with van der Waals surface area (Å²) in [6.07, 6.45) is 2.38. The number of H-pyrrole nitrogens is 1. The van der Waals surface area contributed by atoms with Crippen LogP contribution in [-0.2, 0) is 29.0 Å².